The number of benzene rings is 1. The standard InChI is InChI=1S/C19H28FNO2/c1-3-5-15-6-4-7-18(21)19(22)23-13(2)17(15)12-14-8-10-16(20)11-9-14/h8-11,13,15,17-18H,3-7,12,21H2,1-2H3. The number of carbonyl (C=O) groups is 1. The Morgan fingerprint density at radius 1 is 1.26 bits per heavy atom. The van der Waals surface area contributed by atoms with Crippen LogP contribution in [0.3, 0.4) is 0 Å². The topological polar surface area (TPSA) is 52.3 Å². The zero-order chi connectivity index (χ0) is 16.8. The number of esters is 1. The van der Waals surface area contributed by atoms with E-state index in [2.05, 4.69) is 6.92 Å². The molecule has 4 unspecified atom stereocenters. The van der Waals surface area contributed by atoms with Crippen molar-refractivity contribution in [2.24, 2.45) is 17.6 Å². The van der Waals surface area contributed by atoms with Crippen molar-refractivity contribution in [3.63, 3.8) is 0 Å². The number of cyclic esters (lactones) is 1. The van der Waals surface area contributed by atoms with E-state index in [-0.39, 0.29) is 23.8 Å². The van der Waals surface area contributed by atoms with Gasteiger partial charge in [-0.25, -0.2) is 4.39 Å². The third-order valence-electron chi connectivity index (χ3n) is 4.95. The summed E-state index contributed by atoms with van der Waals surface area (Å²) >= 11 is 0. The van der Waals surface area contributed by atoms with Crippen LogP contribution in [0.4, 0.5) is 4.39 Å². The maximum Gasteiger partial charge on any atom is 0.323 e. The van der Waals surface area contributed by atoms with Crippen LogP contribution in [0.1, 0.15) is 51.5 Å². The highest BCUT2D eigenvalue weighted by Crippen LogP contribution is 2.32. The molecule has 0 amide bonds. The van der Waals surface area contributed by atoms with Crippen molar-refractivity contribution in [2.75, 3.05) is 0 Å². The van der Waals surface area contributed by atoms with E-state index < -0.39 is 6.04 Å². The van der Waals surface area contributed by atoms with Crippen LogP contribution in [-0.2, 0) is 16.0 Å². The van der Waals surface area contributed by atoms with Crippen molar-refractivity contribution in [1.82, 2.24) is 0 Å². The summed E-state index contributed by atoms with van der Waals surface area (Å²) in [5, 5.41) is 0. The van der Waals surface area contributed by atoms with Crippen LogP contribution in [-0.4, -0.2) is 18.1 Å². The molecular formula is C19H28FNO2. The highest BCUT2D eigenvalue weighted by Gasteiger charge is 2.32. The average Bonchev–Trinajstić information content (AvgIpc) is 2.56. The molecule has 0 radical (unpaired) electrons. The van der Waals surface area contributed by atoms with Gasteiger partial charge in [0.2, 0.25) is 0 Å². The van der Waals surface area contributed by atoms with E-state index in [1.807, 2.05) is 19.1 Å². The van der Waals surface area contributed by atoms with Crippen LogP contribution >= 0.6 is 0 Å². The average molecular weight is 321 g/mol. The molecule has 0 aliphatic carbocycles. The Labute approximate surface area is 138 Å². The fourth-order valence-electron chi connectivity index (χ4n) is 3.63. The number of hydrogen-bond acceptors (Lipinski definition) is 3. The highest BCUT2D eigenvalue weighted by atomic mass is 19.1. The highest BCUT2D eigenvalue weighted by molar-refractivity contribution is 5.75. The second-order valence-electron chi connectivity index (χ2n) is 6.72. The predicted octanol–water partition coefficient (Wildman–Crippen LogP) is 3.84. The summed E-state index contributed by atoms with van der Waals surface area (Å²) in [7, 11) is 0. The minimum atomic E-state index is -0.510. The van der Waals surface area contributed by atoms with Crippen molar-refractivity contribution >= 4 is 5.97 Å². The molecule has 3 nitrogen and oxygen atoms in total. The van der Waals surface area contributed by atoms with Crippen LogP contribution in [0, 0.1) is 17.7 Å². The maximum absolute atomic E-state index is 13.1. The molecule has 1 aromatic carbocycles. The fraction of sp³-hybridized carbons (Fsp3) is 0.632. The van der Waals surface area contributed by atoms with E-state index >= 15 is 0 Å². The zero-order valence-corrected chi connectivity index (χ0v) is 14.1. The number of carbonyl (C=O) groups excluding carboxylic acids is 1. The first-order chi connectivity index (χ1) is 11.0. The second kappa shape index (κ2) is 8.44. The summed E-state index contributed by atoms with van der Waals surface area (Å²) in [5.41, 5.74) is 6.98. The quantitative estimate of drug-likeness (QED) is 0.857. The lowest BCUT2D eigenvalue weighted by atomic mass is 9.78. The molecule has 0 bridgehead atoms. The summed E-state index contributed by atoms with van der Waals surface area (Å²) in [4.78, 5) is 12.0. The van der Waals surface area contributed by atoms with Gasteiger partial charge in [0.25, 0.3) is 0 Å². The molecule has 4 heteroatoms. The van der Waals surface area contributed by atoms with Gasteiger partial charge in [-0.1, -0.05) is 38.3 Å². The number of nitrogens with two attached hydrogens (primary N) is 1. The fourth-order valence-corrected chi connectivity index (χ4v) is 3.63. The third kappa shape index (κ3) is 5.03. The molecule has 128 valence electrons. The van der Waals surface area contributed by atoms with Gasteiger partial charge in [-0.05, 0) is 49.8 Å². The minimum absolute atomic E-state index is 0.173. The maximum atomic E-state index is 13.1. The Balaban J connectivity index is 2.19. The molecule has 0 aromatic heterocycles. The van der Waals surface area contributed by atoms with Gasteiger partial charge in [0.05, 0.1) is 0 Å². The predicted molar refractivity (Wildman–Crippen MR) is 89.4 cm³/mol. The normalized spacial score (nSPS) is 29.3. The Hall–Kier alpha value is -1.42. The van der Waals surface area contributed by atoms with Crippen molar-refractivity contribution < 1.29 is 13.9 Å². The van der Waals surface area contributed by atoms with Crippen LogP contribution in [0.2, 0.25) is 0 Å². The van der Waals surface area contributed by atoms with Gasteiger partial charge in [-0.2, -0.15) is 0 Å². The van der Waals surface area contributed by atoms with Crippen LogP contribution in [0.15, 0.2) is 24.3 Å². The lowest BCUT2D eigenvalue weighted by molar-refractivity contribution is -0.153. The lowest BCUT2D eigenvalue weighted by Gasteiger charge is -2.31. The molecule has 23 heavy (non-hydrogen) atoms. The van der Waals surface area contributed by atoms with Crippen molar-refractivity contribution in [3.05, 3.63) is 35.6 Å². The van der Waals surface area contributed by atoms with Gasteiger partial charge in [0, 0.05) is 5.92 Å². The van der Waals surface area contributed by atoms with Gasteiger partial charge in [0.1, 0.15) is 18.0 Å². The van der Waals surface area contributed by atoms with Gasteiger partial charge in [-0.3, -0.25) is 4.79 Å². The van der Waals surface area contributed by atoms with Crippen LogP contribution in [0.5, 0.6) is 0 Å². The monoisotopic (exact) mass is 321 g/mol. The summed E-state index contributed by atoms with van der Waals surface area (Å²) in [6.07, 6.45) is 5.56. The number of ether oxygens (including phenoxy) is 1. The van der Waals surface area contributed by atoms with Crippen LogP contribution < -0.4 is 5.73 Å². The molecular weight excluding hydrogens is 293 g/mol. The molecule has 1 heterocycles. The largest absolute Gasteiger partial charge is 0.461 e. The van der Waals surface area contributed by atoms with E-state index in [0.29, 0.717) is 12.3 Å². The molecule has 1 saturated heterocycles. The third-order valence-corrected chi connectivity index (χ3v) is 4.95. The lowest BCUT2D eigenvalue weighted by Crippen LogP contribution is -2.37. The molecule has 0 spiro atoms. The molecule has 1 fully saturated rings. The first kappa shape index (κ1) is 17.9. The zero-order valence-electron chi connectivity index (χ0n) is 14.1. The molecule has 1 aliphatic rings. The van der Waals surface area contributed by atoms with Gasteiger partial charge >= 0.3 is 5.97 Å². The van der Waals surface area contributed by atoms with Crippen molar-refractivity contribution in [1.29, 1.82) is 0 Å². The summed E-state index contributed by atoms with van der Waals surface area (Å²) in [6, 6.07) is 6.12. The number of rotatable bonds is 4. The first-order valence-electron chi connectivity index (χ1n) is 8.71. The smallest absolute Gasteiger partial charge is 0.323 e. The molecule has 1 aromatic rings. The Bertz CT molecular complexity index is 503. The molecule has 0 saturated carbocycles. The van der Waals surface area contributed by atoms with Gasteiger partial charge in [-0.15, -0.1) is 0 Å². The number of hydrogen-bond donors (Lipinski definition) is 1. The van der Waals surface area contributed by atoms with Gasteiger partial charge in [0.15, 0.2) is 0 Å². The van der Waals surface area contributed by atoms with E-state index in [4.69, 9.17) is 10.5 Å². The van der Waals surface area contributed by atoms with E-state index in [0.717, 1.165) is 37.7 Å². The Kier molecular flexibility index (Phi) is 6.58. The molecule has 2 rings (SSSR count). The molecule has 4 atom stereocenters. The summed E-state index contributed by atoms with van der Waals surface area (Å²) in [6.45, 7) is 4.15. The van der Waals surface area contributed by atoms with E-state index in [9.17, 15) is 9.18 Å². The second-order valence-corrected chi connectivity index (χ2v) is 6.72. The van der Waals surface area contributed by atoms with Gasteiger partial charge < -0.3 is 10.5 Å². The minimum Gasteiger partial charge on any atom is -0.461 e. The SMILES string of the molecule is CCCC1CCCC(N)C(=O)OC(C)C1Cc1ccc(F)cc1. The first-order valence-corrected chi connectivity index (χ1v) is 8.71. The van der Waals surface area contributed by atoms with Crippen molar-refractivity contribution in [3.8, 4) is 0 Å². The molecule has 2 N–H and O–H groups in total. The summed E-state index contributed by atoms with van der Waals surface area (Å²) in [5.74, 6) is 0.227. The Morgan fingerprint density at radius 3 is 2.61 bits per heavy atom. The van der Waals surface area contributed by atoms with Crippen LogP contribution in [0.25, 0.3) is 0 Å². The van der Waals surface area contributed by atoms with E-state index in [1.54, 1.807) is 0 Å². The Morgan fingerprint density at radius 2 is 1.96 bits per heavy atom. The van der Waals surface area contributed by atoms with E-state index in [1.165, 1.54) is 12.1 Å². The summed E-state index contributed by atoms with van der Waals surface area (Å²) < 4.78 is 18.8. The van der Waals surface area contributed by atoms with Crippen molar-refractivity contribution in [2.45, 2.75) is 64.5 Å². The molecule has 1 aliphatic heterocycles. The number of halogens is 1.